The molecule has 4 rings (SSSR count). The van der Waals surface area contributed by atoms with Crippen molar-refractivity contribution in [3.8, 4) is 0 Å². The maximum Gasteiger partial charge on any atom is 0.242 e. The summed E-state index contributed by atoms with van der Waals surface area (Å²) >= 11 is 0. The van der Waals surface area contributed by atoms with Crippen LogP contribution in [0.2, 0.25) is 0 Å². The van der Waals surface area contributed by atoms with Gasteiger partial charge in [0.05, 0.1) is 0 Å². The van der Waals surface area contributed by atoms with E-state index in [-0.39, 0.29) is 11.8 Å². The third-order valence-electron chi connectivity index (χ3n) is 5.78. The lowest BCUT2D eigenvalue weighted by molar-refractivity contribution is -0.138. The molecule has 0 aliphatic carbocycles. The van der Waals surface area contributed by atoms with Gasteiger partial charge in [0.25, 0.3) is 0 Å². The Morgan fingerprint density at radius 3 is 1.59 bits per heavy atom. The van der Waals surface area contributed by atoms with E-state index in [4.69, 9.17) is 0 Å². The molecule has 4 nitrogen and oxygen atoms in total. The quantitative estimate of drug-likeness (QED) is 0.759. The number of nitrogens with zero attached hydrogens (tertiary/aromatic N) is 2. The molecule has 2 aliphatic rings. The van der Waals surface area contributed by atoms with E-state index >= 15 is 0 Å². The fraction of sp³-hybridized carbons (Fsp3) is 0.391. The second-order valence-corrected chi connectivity index (χ2v) is 8.00. The SMILES string of the molecule is CC(C)(C(=O)N1CCCc2ccccc21)C(=O)N1CCCc2ccccc21. The van der Waals surface area contributed by atoms with Crippen molar-refractivity contribution >= 4 is 23.2 Å². The van der Waals surface area contributed by atoms with Crippen molar-refractivity contribution in [1.29, 1.82) is 0 Å². The molecular formula is C23H26N2O2. The Bertz CT molecular complexity index is 816. The highest BCUT2D eigenvalue weighted by Gasteiger charge is 2.44. The van der Waals surface area contributed by atoms with E-state index in [0.29, 0.717) is 13.1 Å². The van der Waals surface area contributed by atoms with Crippen LogP contribution in [0.3, 0.4) is 0 Å². The summed E-state index contributed by atoms with van der Waals surface area (Å²) in [6, 6.07) is 16.1. The van der Waals surface area contributed by atoms with Crippen molar-refractivity contribution < 1.29 is 9.59 Å². The third kappa shape index (κ3) is 3.03. The monoisotopic (exact) mass is 362 g/mol. The average Bonchev–Trinajstić information content (AvgIpc) is 2.71. The molecule has 0 saturated carbocycles. The Balaban J connectivity index is 1.64. The first-order chi connectivity index (χ1) is 13.0. The number of carbonyl (C=O) groups excluding carboxylic acids is 2. The highest BCUT2D eigenvalue weighted by atomic mass is 16.2. The average molecular weight is 362 g/mol. The summed E-state index contributed by atoms with van der Waals surface area (Å²) in [5.41, 5.74) is 3.17. The number of para-hydroxylation sites is 2. The predicted octanol–water partition coefficient (Wildman–Crippen LogP) is 3.97. The predicted molar refractivity (Wildman–Crippen MR) is 108 cm³/mol. The van der Waals surface area contributed by atoms with Gasteiger partial charge < -0.3 is 9.80 Å². The summed E-state index contributed by atoms with van der Waals surface area (Å²) in [6.45, 7) is 4.88. The van der Waals surface area contributed by atoms with Gasteiger partial charge in [-0.2, -0.15) is 0 Å². The van der Waals surface area contributed by atoms with Crippen LogP contribution in [-0.4, -0.2) is 24.9 Å². The normalized spacial score (nSPS) is 16.5. The van der Waals surface area contributed by atoms with E-state index < -0.39 is 5.41 Å². The second-order valence-electron chi connectivity index (χ2n) is 8.00. The van der Waals surface area contributed by atoms with Crippen molar-refractivity contribution in [2.75, 3.05) is 22.9 Å². The first-order valence-electron chi connectivity index (χ1n) is 9.80. The van der Waals surface area contributed by atoms with Gasteiger partial charge in [0.1, 0.15) is 5.41 Å². The Kier molecular flexibility index (Phi) is 4.50. The summed E-state index contributed by atoms with van der Waals surface area (Å²) in [4.78, 5) is 30.5. The minimum absolute atomic E-state index is 0.109. The molecule has 0 saturated heterocycles. The molecule has 2 aromatic rings. The first-order valence-corrected chi connectivity index (χ1v) is 9.80. The number of fused-ring (bicyclic) bond motifs is 2. The van der Waals surface area contributed by atoms with E-state index in [1.54, 1.807) is 13.8 Å². The van der Waals surface area contributed by atoms with Crippen molar-refractivity contribution in [2.24, 2.45) is 5.41 Å². The Hall–Kier alpha value is -2.62. The molecule has 2 heterocycles. The number of amides is 2. The summed E-state index contributed by atoms with van der Waals surface area (Å²) < 4.78 is 0. The number of rotatable bonds is 2. The number of carbonyl (C=O) groups is 2. The number of benzene rings is 2. The minimum atomic E-state index is -1.10. The lowest BCUT2D eigenvalue weighted by atomic mass is 9.86. The van der Waals surface area contributed by atoms with Gasteiger partial charge in [-0.3, -0.25) is 9.59 Å². The van der Waals surface area contributed by atoms with Crippen LogP contribution in [-0.2, 0) is 22.4 Å². The van der Waals surface area contributed by atoms with Gasteiger partial charge in [0.2, 0.25) is 11.8 Å². The maximum absolute atomic E-state index is 13.5. The molecule has 0 radical (unpaired) electrons. The zero-order chi connectivity index (χ0) is 19.0. The molecule has 0 fully saturated rings. The van der Waals surface area contributed by atoms with Gasteiger partial charge in [-0.15, -0.1) is 0 Å². The van der Waals surface area contributed by atoms with E-state index in [2.05, 4.69) is 12.1 Å². The number of aryl methyl sites for hydroxylation is 2. The van der Waals surface area contributed by atoms with E-state index in [1.165, 1.54) is 11.1 Å². The molecule has 2 aromatic carbocycles. The zero-order valence-electron chi connectivity index (χ0n) is 16.1. The van der Waals surface area contributed by atoms with Crippen molar-refractivity contribution in [2.45, 2.75) is 39.5 Å². The van der Waals surface area contributed by atoms with Crippen LogP contribution in [0.25, 0.3) is 0 Å². The number of hydrogen-bond donors (Lipinski definition) is 0. The summed E-state index contributed by atoms with van der Waals surface area (Å²) in [7, 11) is 0. The molecule has 0 spiro atoms. The van der Waals surface area contributed by atoms with Crippen molar-refractivity contribution in [1.82, 2.24) is 0 Å². The molecule has 27 heavy (non-hydrogen) atoms. The maximum atomic E-state index is 13.5. The molecule has 0 bridgehead atoms. The summed E-state index contributed by atoms with van der Waals surface area (Å²) in [5, 5.41) is 0. The van der Waals surface area contributed by atoms with Crippen molar-refractivity contribution in [3.05, 3.63) is 59.7 Å². The van der Waals surface area contributed by atoms with E-state index in [0.717, 1.165) is 37.1 Å². The van der Waals surface area contributed by atoms with Crippen LogP contribution >= 0.6 is 0 Å². The highest BCUT2D eigenvalue weighted by molar-refractivity contribution is 6.16. The largest absolute Gasteiger partial charge is 0.311 e. The molecule has 0 N–H and O–H groups in total. The molecule has 0 atom stereocenters. The van der Waals surface area contributed by atoms with Gasteiger partial charge in [-0.25, -0.2) is 0 Å². The zero-order valence-corrected chi connectivity index (χ0v) is 16.1. The molecule has 140 valence electrons. The molecule has 0 aromatic heterocycles. The third-order valence-corrected chi connectivity index (χ3v) is 5.78. The Morgan fingerprint density at radius 2 is 1.15 bits per heavy atom. The van der Waals surface area contributed by atoms with Crippen LogP contribution in [0.5, 0.6) is 0 Å². The molecule has 4 heteroatoms. The fourth-order valence-electron chi connectivity index (χ4n) is 4.26. The van der Waals surface area contributed by atoms with Crippen LogP contribution in [0.4, 0.5) is 11.4 Å². The summed E-state index contributed by atoms with van der Waals surface area (Å²) in [6.07, 6.45) is 3.82. The van der Waals surface area contributed by atoms with Crippen molar-refractivity contribution in [3.63, 3.8) is 0 Å². The molecule has 0 unspecified atom stereocenters. The smallest absolute Gasteiger partial charge is 0.242 e. The van der Waals surface area contributed by atoms with Gasteiger partial charge in [-0.05, 0) is 62.8 Å². The number of anilines is 2. The van der Waals surface area contributed by atoms with Crippen LogP contribution in [0.15, 0.2) is 48.5 Å². The van der Waals surface area contributed by atoms with Gasteiger partial charge in [-0.1, -0.05) is 36.4 Å². The topological polar surface area (TPSA) is 40.6 Å². The lowest BCUT2D eigenvalue weighted by Gasteiger charge is -2.39. The Morgan fingerprint density at radius 1 is 0.741 bits per heavy atom. The van der Waals surface area contributed by atoms with Crippen LogP contribution < -0.4 is 9.80 Å². The van der Waals surface area contributed by atoms with Crippen LogP contribution in [0, 0.1) is 5.41 Å². The van der Waals surface area contributed by atoms with Gasteiger partial charge >= 0.3 is 0 Å². The standard InChI is InChI=1S/C23H26N2O2/c1-23(2,21(26)24-15-7-11-17-9-3-5-13-19(17)24)22(27)25-16-8-12-18-10-4-6-14-20(18)25/h3-6,9-10,13-14H,7-8,11-12,15-16H2,1-2H3. The molecular weight excluding hydrogens is 336 g/mol. The molecule has 2 amide bonds. The van der Waals surface area contributed by atoms with Gasteiger partial charge in [0.15, 0.2) is 0 Å². The summed E-state index contributed by atoms with van der Waals surface area (Å²) in [5.74, 6) is -0.217. The van der Waals surface area contributed by atoms with Crippen LogP contribution in [0.1, 0.15) is 37.8 Å². The Labute approximate surface area is 160 Å². The van der Waals surface area contributed by atoms with Gasteiger partial charge in [0, 0.05) is 24.5 Å². The first kappa shape index (κ1) is 17.8. The highest BCUT2D eigenvalue weighted by Crippen LogP contribution is 2.35. The lowest BCUT2D eigenvalue weighted by Crippen LogP contribution is -2.53. The minimum Gasteiger partial charge on any atom is -0.311 e. The number of hydrogen-bond acceptors (Lipinski definition) is 2. The van der Waals surface area contributed by atoms with E-state index in [1.807, 2.05) is 46.2 Å². The van der Waals surface area contributed by atoms with E-state index in [9.17, 15) is 9.59 Å². The second kappa shape index (κ2) is 6.84. The molecule has 2 aliphatic heterocycles. The fourth-order valence-corrected chi connectivity index (χ4v) is 4.26.